The van der Waals surface area contributed by atoms with Crippen LogP contribution in [0.15, 0.2) is 18.3 Å². The summed E-state index contributed by atoms with van der Waals surface area (Å²) >= 11 is 0. The van der Waals surface area contributed by atoms with E-state index < -0.39 is 22.5 Å². The van der Waals surface area contributed by atoms with Crippen molar-refractivity contribution in [2.75, 3.05) is 0 Å². The first kappa shape index (κ1) is 15.0. The average molecular weight is 267 g/mol. The number of ether oxygens (including phenoxy) is 1. The van der Waals surface area contributed by atoms with Gasteiger partial charge in [-0.2, -0.15) is 0 Å². The van der Waals surface area contributed by atoms with Crippen LogP contribution in [0.1, 0.15) is 26.3 Å². The molecule has 19 heavy (non-hydrogen) atoms. The third-order valence-electron chi connectivity index (χ3n) is 2.16. The molecule has 0 bridgehead atoms. The first-order chi connectivity index (χ1) is 8.69. The summed E-state index contributed by atoms with van der Waals surface area (Å²) in [7, 11) is 0. The molecule has 0 aliphatic heterocycles. The van der Waals surface area contributed by atoms with Gasteiger partial charge in [-0.1, -0.05) is 0 Å². The third-order valence-corrected chi connectivity index (χ3v) is 2.16. The molecule has 7 heteroatoms. The Hall–Kier alpha value is -2.02. The highest BCUT2D eigenvalue weighted by Gasteiger charge is 2.23. The van der Waals surface area contributed by atoms with Gasteiger partial charge in [0.25, 0.3) is 0 Å². The lowest BCUT2D eigenvalue weighted by Crippen LogP contribution is -2.38. The van der Waals surface area contributed by atoms with Gasteiger partial charge in [0, 0.05) is 6.07 Å². The first-order valence-electron chi connectivity index (χ1n) is 5.77. The zero-order chi connectivity index (χ0) is 14.6. The van der Waals surface area contributed by atoms with Crippen LogP contribution in [0.4, 0.5) is 5.82 Å². The van der Waals surface area contributed by atoms with Gasteiger partial charge in [0.2, 0.25) is 0 Å². The van der Waals surface area contributed by atoms with Crippen LogP contribution in [-0.2, 0) is 16.0 Å². The highest BCUT2D eigenvalue weighted by Crippen LogP contribution is 2.13. The van der Waals surface area contributed by atoms with Gasteiger partial charge in [-0.15, -0.1) is 0 Å². The smallest absolute Gasteiger partial charge is 0.363 e. The number of rotatable bonds is 4. The minimum absolute atomic E-state index is 0.165. The highest BCUT2D eigenvalue weighted by molar-refractivity contribution is 5.76. The lowest BCUT2D eigenvalue weighted by Gasteiger charge is -2.22. The summed E-state index contributed by atoms with van der Waals surface area (Å²) in [5.74, 6) is -0.805. The molecule has 1 rings (SSSR count). The SMILES string of the molecule is CC(C)(C)OC(=O)C(N)Cc1ccnc([N+](=O)[O-])c1. The standard InChI is InChI=1S/C12H17N3O4/c1-12(2,3)19-11(16)9(13)6-8-4-5-14-10(7-8)15(17)18/h4-5,7,9H,6,13H2,1-3H3. The summed E-state index contributed by atoms with van der Waals surface area (Å²) < 4.78 is 5.14. The quantitative estimate of drug-likeness (QED) is 0.499. The molecule has 0 spiro atoms. The van der Waals surface area contributed by atoms with Gasteiger partial charge in [-0.25, -0.2) is 0 Å². The lowest BCUT2D eigenvalue weighted by molar-refractivity contribution is -0.389. The van der Waals surface area contributed by atoms with E-state index in [4.69, 9.17) is 10.5 Å². The van der Waals surface area contributed by atoms with E-state index in [9.17, 15) is 14.9 Å². The molecule has 1 aromatic rings. The van der Waals surface area contributed by atoms with Gasteiger partial charge >= 0.3 is 11.8 Å². The summed E-state index contributed by atoms with van der Waals surface area (Å²) in [5.41, 5.74) is 5.68. The number of pyridine rings is 1. The summed E-state index contributed by atoms with van der Waals surface area (Å²) in [6.45, 7) is 5.23. The fourth-order valence-electron chi connectivity index (χ4n) is 1.40. The number of hydrogen-bond acceptors (Lipinski definition) is 6. The summed E-state index contributed by atoms with van der Waals surface area (Å²) in [6, 6.07) is 2.02. The van der Waals surface area contributed by atoms with Crippen molar-refractivity contribution in [1.82, 2.24) is 4.98 Å². The molecule has 0 aliphatic rings. The average Bonchev–Trinajstić information content (AvgIpc) is 2.27. The Morgan fingerprint density at radius 3 is 2.74 bits per heavy atom. The van der Waals surface area contributed by atoms with Crippen molar-refractivity contribution in [3.8, 4) is 0 Å². The lowest BCUT2D eigenvalue weighted by atomic mass is 10.1. The molecule has 0 aromatic carbocycles. The third kappa shape index (κ3) is 5.01. The predicted molar refractivity (Wildman–Crippen MR) is 68.4 cm³/mol. The molecule has 0 amide bonds. The van der Waals surface area contributed by atoms with Crippen LogP contribution in [0.5, 0.6) is 0 Å². The van der Waals surface area contributed by atoms with Gasteiger partial charge in [-0.05, 0) is 48.7 Å². The van der Waals surface area contributed by atoms with Gasteiger partial charge in [0.15, 0.2) is 0 Å². The van der Waals surface area contributed by atoms with Gasteiger partial charge in [0.05, 0.1) is 0 Å². The van der Waals surface area contributed by atoms with Crippen molar-refractivity contribution < 1.29 is 14.5 Å². The normalized spacial score (nSPS) is 12.8. The molecule has 104 valence electrons. The molecule has 0 saturated carbocycles. The number of carbonyl (C=O) groups excluding carboxylic acids is 1. The molecule has 1 unspecified atom stereocenters. The van der Waals surface area contributed by atoms with Gasteiger partial charge in [0.1, 0.15) is 17.8 Å². The number of nitrogens with two attached hydrogens (primary N) is 1. The van der Waals surface area contributed by atoms with Crippen LogP contribution in [0, 0.1) is 10.1 Å². The van der Waals surface area contributed by atoms with Crippen molar-refractivity contribution in [3.05, 3.63) is 34.0 Å². The van der Waals surface area contributed by atoms with Crippen molar-refractivity contribution in [2.45, 2.75) is 38.8 Å². The number of nitro groups is 1. The van der Waals surface area contributed by atoms with Crippen LogP contribution >= 0.6 is 0 Å². The molecule has 7 nitrogen and oxygen atoms in total. The Morgan fingerprint density at radius 1 is 1.58 bits per heavy atom. The second-order valence-corrected chi connectivity index (χ2v) is 5.12. The Balaban J connectivity index is 2.71. The molecule has 1 aromatic heterocycles. The van der Waals surface area contributed by atoms with Crippen molar-refractivity contribution in [3.63, 3.8) is 0 Å². The molecule has 0 aliphatic carbocycles. The minimum Gasteiger partial charge on any atom is -0.459 e. The number of carbonyl (C=O) groups is 1. The molecular weight excluding hydrogens is 250 g/mol. The topological polar surface area (TPSA) is 108 Å². The maximum Gasteiger partial charge on any atom is 0.363 e. The zero-order valence-corrected chi connectivity index (χ0v) is 11.1. The molecule has 0 saturated heterocycles. The molecule has 0 fully saturated rings. The fraction of sp³-hybridized carbons (Fsp3) is 0.500. The predicted octanol–water partition coefficient (Wildman–Crippen LogP) is 1.20. The van der Waals surface area contributed by atoms with Crippen LogP contribution in [-0.4, -0.2) is 27.5 Å². The van der Waals surface area contributed by atoms with E-state index in [-0.39, 0.29) is 12.2 Å². The molecule has 0 radical (unpaired) electrons. The second kappa shape index (κ2) is 5.75. The highest BCUT2D eigenvalue weighted by atomic mass is 16.6. The maximum atomic E-state index is 11.7. The Labute approximate surface area is 110 Å². The number of nitrogens with zero attached hydrogens (tertiary/aromatic N) is 2. The van der Waals surface area contributed by atoms with E-state index in [1.54, 1.807) is 26.8 Å². The first-order valence-corrected chi connectivity index (χ1v) is 5.77. The monoisotopic (exact) mass is 267 g/mol. The van der Waals surface area contributed by atoms with Crippen molar-refractivity contribution >= 4 is 11.8 Å². The van der Waals surface area contributed by atoms with E-state index in [1.165, 1.54) is 12.3 Å². The minimum atomic E-state index is -0.860. The van der Waals surface area contributed by atoms with E-state index in [0.29, 0.717) is 5.56 Å². The largest absolute Gasteiger partial charge is 0.459 e. The second-order valence-electron chi connectivity index (χ2n) is 5.12. The fourth-order valence-corrected chi connectivity index (χ4v) is 1.40. The number of esters is 1. The number of aromatic nitrogens is 1. The summed E-state index contributed by atoms with van der Waals surface area (Å²) in [4.78, 5) is 25.3. The van der Waals surface area contributed by atoms with Crippen LogP contribution in [0.2, 0.25) is 0 Å². The van der Waals surface area contributed by atoms with Crippen LogP contribution in [0.3, 0.4) is 0 Å². The molecular formula is C12H17N3O4. The van der Waals surface area contributed by atoms with Crippen LogP contribution < -0.4 is 5.73 Å². The molecule has 2 N–H and O–H groups in total. The Bertz CT molecular complexity index is 482. The van der Waals surface area contributed by atoms with E-state index in [1.807, 2.05) is 0 Å². The van der Waals surface area contributed by atoms with E-state index in [0.717, 1.165) is 0 Å². The van der Waals surface area contributed by atoms with Crippen LogP contribution in [0.25, 0.3) is 0 Å². The van der Waals surface area contributed by atoms with Crippen molar-refractivity contribution in [2.24, 2.45) is 5.73 Å². The van der Waals surface area contributed by atoms with Gasteiger partial charge in [-0.3, -0.25) is 4.79 Å². The summed E-state index contributed by atoms with van der Waals surface area (Å²) in [6.07, 6.45) is 1.48. The Morgan fingerprint density at radius 2 is 2.21 bits per heavy atom. The van der Waals surface area contributed by atoms with E-state index in [2.05, 4.69) is 4.98 Å². The molecule has 1 heterocycles. The Kier molecular flexibility index (Phi) is 4.55. The molecule has 1 atom stereocenters. The summed E-state index contributed by atoms with van der Waals surface area (Å²) in [5, 5.41) is 10.6. The maximum absolute atomic E-state index is 11.7. The van der Waals surface area contributed by atoms with E-state index >= 15 is 0 Å². The van der Waals surface area contributed by atoms with Gasteiger partial charge < -0.3 is 20.6 Å². The zero-order valence-electron chi connectivity index (χ0n) is 11.1. The van der Waals surface area contributed by atoms with Crippen molar-refractivity contribution in [1.29, 1.82) is 0 Å². The number of hydrogen-bond donors (Lipinski definition) is 1.